The summed E-state index contributed by atoms with van der Waals surface area (Å²) in [5.74, 6) is 0.562. The Morgan fingerprint density at radius 2 is 1.12 bits per heavy atom. The molecular weight excluding hydrogens is 640 g/mol. The minimum atomic E-state index is -0.376. The van der Waals surface area contributed by atoms with E-state index in [0.29, 0.717) is 42.6 Å². The number of allylic oxidation sites excluding steroid dienone is 2. The van der Waals surface area contributed by atoms with Crippen molar-refractivity contribution in [1.29, 1.82) is 0 Å². The second-order valence-electron chi connectivity index (χ2n) is 12.6. The maximum atomic E-state index is 13.6. The summed E-state index contributed by atoms with van der Waals surface area (Å²) in [5.41, 5.74) is 5.90. The Morgan fingerprint density at radius 1 is 0.627 bits per heavy atom. The van der Waals surface area contributed by atoms with Crippen molar-refractivity contribution in [3.05, 3.63) is 166 Å². The Hall–Kier alpha value is -5.64. The molecule has 258 valence electrons. The first kappa shape index (κ1) is 33.8. The maximum Gasteiger partial charge on any atom is 0.229 e. The van der Waals surface area contributed by atoms with Crippen molar-refractivity contribution >= 4 is 11.6 Å². The van der Waals surface area contributed by atoms with Gasteiger partial charge >= 0.3 is 0 Å². The van der Waals surface area contributed by atoms with Gasteiger partial charge in [-0.25, -0.2) is 9.97 Å². The highest BCUT2D eigenvalue weighted by atomic mass is 16.5. The van der Waals surface area contributed by atoms with Crippen LogP contribution >= 0.6 is 0 Å². The topological polar surface area (TPSA) is 103 Å². The van der Waals surface area contributed by atoms with Gasteiger partial charge in [0.25, 0.3) is 0 Å². The zero-order valence-corrected chi connectivity index (χ0v) is 28.4. The highest BCUT2D eigenvalue weighted by molar-refractivity contribution is 6.22. The lowest BCUT2D eigenvalue weighted by molar-refractivity contribution is 0.0386. The van der Waals surface area contributed by atoms with E-state index in [1.54, 1.807) is 0 Å². The zero-order chi connectivity index (χ0) is 34.8. The summed E-state index contributed by atoms with van der Waals surface area (Å²) >= 11 is 0. The van der Waals surface area contributed by atoms with Crippen LogP contribution in [0.3, 0.4) is 0 Å². The number of aromatic nitrogens is 2. The van der Waals surface area contributed by atoms with Crippen molar-refractivity contribution in [3.63, 3.8) is 0 Å². The molecule has 7 rings (SSSR count). The van der Waals surface area contributed by atoms with Gasteiger partial charge in [0.15, 0.2) is 0 Å². The second kappa shape index (κ2) is 16.4. The van der Waals surface area contributed by atoms with Crippen molar-refractivity contribution in [2.45, 2.75) is 26.1 Å². The van der Waals surface area contributed by atoms with Crippen LogP contribution in [0.15, 0.2) is 121 Å². The lowest BCUT2D eigenvalue weighted by Crippen LogP contribution is -2.41. The largest absolute Gasteiger partial charge is 0.487 e. The fraction of sp³-hybridized carbons (Fsp3) is 0.238. The number of nitrogens with zero attached hydrogens (tertiary/aromatic N) is 3. The summed E-state index contributed by atoms with van der Waals surface area (Å²) in [7, 11) is 0. The van der Waals surface area contributed by atoms with Gasteiger partial charge in [0.05, 0.1) is 18.9 Å². The van der Waals surface area contributed by atoms with Gasteiger partial charge in [-0.2, -0.15) is 0 Å². The molecule has 0 bridgehead atoms. The van der Waals surface area contributed by atoms with Gasteiger partial charge in [-0.05, 0) is 59.4 Å². The first-order valence-corrected chi connectivity index (χ1v) is 17.3. The molecule has 51 heavy (non-hydrogen) atoms. The Kier molecular flexibility index (Phi) is 10.9. The van der Waals surface area contributed by atoms with E-state index in [2.05, 4.69) is 39.5 Å². The molecule has 1 aliphatic carbocycles. The summed E-state index contributed by atoms with van der Waals surface area (Å²) in [6.07, 6.45) is 2.96. The zero-order valence-electron chi connectivity index (χ0n) is 28.4. The molecule has 0 atom stereocenters. The standard InChI is InChI=1S/C42H40N4O5/c47-39-27-36(43-19-20-46-21-23-49-24-22-46)42(48)41-40(39)44-37(28-50-34-15-11-32(12-16-34)25-30-7-3-1-4-8-30)38(45-41)29-51-35-17-13-33(14-18-35)26-31-9-5-2-6-10-31/h1-18,27,43H,19-26,28-29H2. The molecule has 5 aromatic rings. The first-order valence-electron chi connectivity index (χ1n) is 17.3. The van der Waals surface area contributed by atoms with E-state index < -0.39 is 0 Å². The summed E-state index contributed by atoms with van der Waals surface area (Å²) in [6.45, 7) is 4.39. The number of ether oxygens (including phenoxy) is 3. The van der Waals surface area contributed by atoms with Gasteiger partial charge in [-0.1, -0.05) is 84.9 Å². The van der Waals surface area contributed by atoms with E-state index in [9.17, 15) is 9.59 Å². The molecule has 1 fully saturated rings. The van der Waals surface area contributed by atoms with E-state index in [-0.39, 0.29) is 41.9 Å². The van der Waals surface area contributed by atoms with Crippen molar-refractivity contribution < 1.29 is 23.8 Å². The Balaban J connectivity index is 1.07. The molecule has 1 aromatic heterocycles. The molecule has 2 heterocycles. The van der Waals surface area contributed by atoms with Crippen molar-refractivity contribution in [1.82, 2.24) is 20.2 Å². The van der Waals surface area contributed by atoms with Crippen LogP contribution in [0.2, 0.25) is 0 Å². The summed E-state index contributed by atoms with van der Waals surface area (Å²) in [6, 6.07) is 36.4. The van der Waals surface area contributed by atoms with E-state index >= 15 is 0 Å². The fourth-order valence-corrected chi connectivity index (χ4v) is 6.14. The van der Waals surface area contributed by atoms with E-state index in [1.807, 2.05) is 84.9 Å². The maximum absolute atomic E-state index is 13.6. The summed E-state index contributed by atoms with van der Waals surface area (Å²) < 4.78 is 17.7. The second-order valence-corrected chi connectivity index (χ2v) is 12.6. The van der Waals surface area contributed by atoms with Crippen LogP contribution in [-0.2, 0) is 30.8 Å². The third kappa shape index (κ3) is 8.94. The molecule has 0 spiro atoms. The summed E-state index contributed by atoms with van der Waals surface area (Å²) in [4.78, 5) is 38.6. The number of benzene rings is 4. The number of morpholine rings is 1. The molecule has 1 aliphatic heterocycles. The van der Waals surface area contributed by atoms with Crippen LogP contribution in [0.25, 0.3) is 0 Å². The molecular formula is C42H40N4O5. The van der Waals surface area contributed by atoms with E-state index in [4.69, 9.17) is 19.2 Å². The lowest BCUT2D eigenvalue weighted by atomic mass is 10.0. The number of rotatable bonds is 14. The van der Waals surface area contributed by atoms with E-state index in [0.717, 1.165) is 43.6 Å². The molecule has 4 aromatic carbocycles. The molecule has 0 unspecified atom stereocenters. The first-order chi connectivity index (χ1) is 25.1. The fourth-order valence-electron chi connectivity index (χ4n) is 6.14. The van der Waals surface area contributed by atoms with Gasteiger partial charge in [0, 0.05) is 32.3 Å². The normalized spacial score (nSPS) is 14.5. The van der Waals surface area contributed by atoms with E-state index in [1.165, 1.54) is 17.2 Å². The lowest BCUT2D eigenvalue weighted by Gasteiger charge is -2.27. The molecule has 1 N–H and O–H groups in total. The van der Waals surface area contributed by atoms with Gasteiger partial charge < -0.3 is 19.5 Å². The molecule has 1 saturated heterocycles. The number of carbonyl (C=O) groups is 2. The van der Waals surface area contributed by atoms with Crippen molar-refractivity contribution in [2.75, 3.05) is 39.4 Å². The number of ketones is 2. The van der Waals surface area contributed by atoms with Crippen molar-refractivity contribution in [3.8, 4) is 11.5 Å². The van der Waals surface area contributed by atoms with Crippen LogP contribution in [-0.4, -0.2) is 65.8 Å². The van der Waals surface area contributed by atoms with Crippen LogP contribution in [0.1, 0.15) is 54.6 Å². The third-order valence-corrected chi connectivity index (χ3v) is 8.97. The average molecular weight is 681 g/mol. The quantitative estimate of drug-likeness (QED) is 0.151. The highest BCUT2D eigenvalue weighted by Gasteiger charge is 2.30. The smallest absolute Gasteiger partial charge is 0.229 e. The van der Waals surface area contributed by atoms with Gasteiger partial charge in [-0.15, -0.1) is 0 Å². The minimum Gasteiger partial charge on any atom is -0.487 e. The van der Waals surface area contributed by atoms with Crippen LogP contribution in [0, 0.1) is 0 Å². The van der Waals surface area contributed by atoms with Gasteiger partial charge in [0.1, 0.15) is 47.5 Å². The molecule has 0 saturated carbocycles. The van der Waals surface area contributed by atoms with Gasteiger partial charge in [-0.3, -0.25) is 14.5 Å². The molecule has 0 amide bonds. The number of hydrogen-bond acceptors (Lipinski definition) is 9. The highest BCUT2D eigenvalue weighted by Crippen LogP contribution is 2.23. The van der Waals surface area contributed by atoms with Crippen LogP contribution in [0.5, 0.6) is 11.5 Å². The monoisotopic (exact) mass is 680 g/mol. The summed E-state index contributed by atoms with van der Waals surface area (Å²) in [5, 5.41) is 3.16. The number of hydrogen-bond donors (Lipinski definition) is 1. The minimum absolute atomic E-state index is 0.0159. The average Bonchev–Trinajstić information content (AvgIpc) is 3.17. The Morgan fingerprint density at radius 3 is 1.65 bits per heavy atom. The number of nitrogens with one attached hydrogen (secondary N) is 1. The van der Waals surface area contributed by atoms with Crippen LogP contribution in [0.4, 0.5) is 0 Å². The number of carbonyl (C=O) groups excluding carboxylic acids is 2. The van der Waals surface area contributed by atoms with Crippen molar-refractivity contribution in [2.24, 2.45) is 0 Å². The Bertz CT molecular complexity index is 1970. The molecule has 0 radical (unpaired) electrons. The molecule has 2 aliphatic rings. The number of fused-ring (bicyclic) bond motifs is 1. The SMILES string of the molecule is O=C1C=C(NCCN2CCOCC2)C(=O)c2nc(COc3ccc(Cc4ccccc4)cc3)c(COc3ccc(Cc4ccccc4)cc3)nc21. The Labute approximate surface area is 297 Å². The molecule has 9 nitrogen and oxygen atoms in total. The third-order valence-electron chi connectivity index (χ3n) is 8.97. The van der Waals surface area contributed by atoms with Gasteiger partial charge in [0.2, 0.25) is 11.6 Å². The predicted octanol–water partition coefficient (Wildman–Crippen LogP) is 6.00. The number of Topliss-reactive ketones (excluding diaryl/α,β-unsaturated/α-hetero) is 1. The van der Waals surface area contributed by atoms with Crippen LogP contribution < -0.4 is 14.8 Å². The predicted molar refractivity (Wildman–Crippen MR) is 194 cm³/mol. The molecule has 9 heteroatoms.